The number of anilines is 1. The number of rotatable bonds is 5. The summed E-state index contributed by atoms with van der Waals surface area (Å²) in [5, 5.41) is 19.3. The number of benzene rings is 2. The van der Waals surface area contributed by atoms with Crippen molar-refractivity contribution in [2.75, 3.05) is 5.23 Å². The van der Waals surface area contributed by atoms with Crippen LogP contribution < -0.4 is 24.9 Å². The Morgan fingerprint density at radius 2 is 1.66 bits per heavy atom. The van der Waals surface area contributed by atoms with Crippen molar-refractivity contribution < 1.29 is 33.4 Å². The lowest BCUT2D eigenvalue weighted by Gasteiger charge is -2.21. The summed E-state index contributed by atoms with van der Waals surface area (Å²) >= 11 is 0. The maximum absolute atomic E-state index is 12.9. The van der Waals surface area contributed by atoms with E-state index >= 15 is 0 Å². The van der Waals surface area contributed by atoms with Gasteiger partial charge in [-0.25, -0.2) is 0 Å². The third-order valence-corrected chi connectivity index (χ3v) is 3.58. The molecule has 10 heteroatoms. The standard InChI is InChI=1S/C19H14NO9/c1-10(21)27-14-7-15-18(16(8-14)28-11(2)22)19(23)17(9-26-15)29-13-5-3-12(4-6-13)20(24)25/h3-9,24H,1-2H3/q-1. The fourth-order valence-corrected chi connectivity index (χ4v) is 2.48. The minimum atomic E-state index is -0.696. The molecule has 3 rings (SSSR count). The highest BCUT2D eigenvalue weighted by Crippen LogP contribution is 2.32. The summed E-state index contributed by atoms with van der Waals surface area (Å²) in [4.78, 5) is 35.5. The molecule has 2 aromatic carbocycles. The Morgan fingerprint density at radius 3 is 2.24 bits per heavy atom. The largest absolute Gasteiger partial charge is 0.733 e. The number of carbonyl (C=O) groups excluding carboxylic acids is 2. The van der Waals surface area contributed by atoms with Gasteiger partial charge in [0.2, 0.25) is 11.2 Å². The number of ether oxygens (including phenoxy) is 3. The van der Waals surface area contributed by atoms with Crippen LogP contribution in [0.25, 0.3) is 11.0 Å². The first-order valence-corrected chi connectivity index (χ1v) is 8.15. The normalized spacial score (nSPS) is 10.5. The van der Waals surface area contributed by atoms with Gasteiger partial charge in [-0.05, 0) is 24.3 Å². The molecule has 0 unspecified atom stereocenters. The number of nitrogens with zero attached hydrogens (tertiary/aromatic N) is 1. The Balaban J connectivity index is 2.06. The second-order valence-corrected chi connectivity index (χ2v) is 5.78. The van der Waals surface area contributed by atoms with E-state index in [-0.39, 0.29) is 44.9 Å². The van der Waals surface area contributed by atoms with Crippen molar-refractivity contribution in [1.82, 2.24) is 0 Å². The first kappa shape index (κ1) is 19.9. The summed E-state index contributed by atoms with van der Waals surface area (Å²) in [6.07, 6.45) is 1.04. The van der Waals surface area contributed by atoms with Gasteiger partial charge in [0, 0.05) is 26.0 Å². The number of fused-ring (bicyclic) bond motifs is 1. The zero-order valence-electron chi connectivity index (χ0n) is 15.2. The molecule has 0 radical (unpaired) electrons. The third kappa shape index (κ3) is 4.51. The van der Waals surface area contributed by atoms with Crippen LogP contribution in [0.15, 0.2) is 51.9 Å². The summed E-state index contributed by atoms with van der Waals surface area (Å²) in [7, 11) is 0. The molecule has 0 fully saturated rings. The second kappa shape index (κ2) is 8.00. The van der Waals surface area contributed by atoms with E-state index in [4.69, 9.17) is 23.8 Å². The van der Waals surface area contributed by atoms with Crippen LogP contribution in [-0.2, 0) is 9.59 Å². The molecule has 0 saturated carbocycles. The first-order valence-electron chi connectivity index (χ1n) is 8.15. The summed E-state index contributed by atoms with van der Waals surface area (Å²) in [6, 6.07) is 7.79. The van der Waals surface area contributed by atoms with E-state index < -0.39 is 17.4 Å². The van der Waals surface area contributed by atoms with E-state index in [9.17, 15) is 19.6 Å². The van der Waals surface area contributed by atoms with Crippen LogP contribution >= 0.6 is 0 Å². The Hall–Kier alpha value is -3.89. The predicted octanol–water partition coefficient (Wildman–Crippen LogP) is 3.13. The van der Waals surface area contributed by atoms with Gasteiger partial charge in [0.05, 0.1) is 5.69 Å². The molecule has 150 valence electrons. The van der Waals surface area contributed by atoms with Crippen LogP contribution in [0.1, 0.15) is 13.8 Å². The van der Waals surface area contributed by atoms with Crippen LogP contribution in [0.5, 0.6) is 23.0 Å². The quantitative estimate of drug-likeness (QED) is 0.386. The van der Waals surface area contributed by atoms with Crippen molar-refractivity contribution in [3.8, 4) is 23.0 Å². The van der Waals surface area contributed by atoms with Crippen molar-refractivity contribution in [3.63, 3.8) is 0 Å². The van der Waals surface area contributed by atoms with Crippen molar-refractivity contribution in [2.45, 2.75) is 13.8 Å². The van der Waals surface area contributed by atoms with Crippen LogP contribution in [-0.4, -0.2) is 17.1 Å². The molecule has 1 aromatic heterocycles. The van der Waals surface area contributed by atoms with Crippen LogP contribution in [0, 0.1) is 5.21 Å². The maximum Gasteiger partial charge on any atom is 0.308 e. The number of esters is 2. The van der Waals surface area contributed by atoms with Gasteiger partial charge in [0.15, 0.2) is 0 Å². The molecule has 0 amide bonds. The van der Waals surface area contributed by atoms with Gasteiger partial charge in [0.1, 0.15) is 34.5 Å². The summed E-state index contributed by atoms with van der Waals surface area (Å²) in [6.45, 7) is 2.34. The van der Waals surface area contributed by atoms with E-state index in [0.29, 0.717) is 0 Å². The molecule has 1 heterocycles. The molecule has 0 aliphatic rings. The molecule has 10 nitrogen and oxygen atoms in total. The van der Waals surface area contributed by atoms with Gasteiger partial charge in [-0.2, -0.15) is 0 Å². The molecule has 29 heavy (non-hydrogen) atoms. The highest BCUT2D eigenvalue weighted by molar-refractivity contribution is 5.89. The molecule has 0 bridgehead atoms. The molecule has 0 spiro atoms. The Bertz CT molecular complexity index is 1130. The molecule has 3 aromatic rings. The van der Waals surface area contributed by atoms with Crippen molar-refractivity contribution in [3.05, 3.63) is 58.1 Å². The second-order valence-electron chi connectivity index (χ2n) is 5.78. The van der Waals surface area contributed by atoms with Gasteiger partial charge in [-0.1, -0.05) is 0 Å². The summed E-state index contributed by atoms with van der Waals surface area (Å²) in [5.74, 6) is -1.47. The molecule has 0 aliphatic carbocycles. The van der Waals surface area contributed by atoms with Crippen molar-refractivity contribution in [1.29, 1.82) is 0 Å². The topological polar surface area (TPSA) is 139 Å². The number of hydrogen-bond donors (Lipinski definition) is 1. The number of hydrogen-bond acceptors (Lipinski definition) is 10. The fraction of sp³-hybridized carbons (Fsp3) is 0.105. The molecule has 0 aliphatic heterocycles. The van der Waals surface area contributed by atoms with Crippen LogP contribution in [0.3, 0.4) is 0 Å². The van der Waals surface area contributed by atoms with Crippen LogP contribution in [0.4, 0.5) is 5.69 Å². The Labute approximate surface area is 163 Å². The van der Waals surface area contributed by atoms with E-state index in [1.807, 2.05) is 0 Å². The monoisotopic (exact) mass is 400 g/mol. The minimum absolute atomic E-state index is 0.00924. The minimum Gasteiger partial charge on any atom is -0.733 e. The average molecular weight is 400 g/mol. The lowest BCUT2D eigenvalue weighted by molar-refractivity contribution is -0.132. The van der Waals surface area contributed by atoms with Gasteiger partial charge in [-0.3, -0.25) is 19.6 Å². The highest BCUT2D eigenvalue weighted by atomic mass is 16.8. The zero-order valence-corrected chi connectivity index (χ0v) is 15.2. The highest BCUT2D eigenvalue weighted by Gasteiger charge is 2.18. The Kier molecular flexibility index (Phi) is 5.48. The molecule has 1 N–H and O–H groups in total. The van der Waals surface area contributed by atoms with Gasteiger partial charge >= 0.3 is 11.9 Å². The molecule has 0 saturated heterocycles. The van der Waals surface area contributed by atoms with Crippen molar-refractivity contribution >= 4 is 28.6 Å². The van der Waals surface area contributed by atoms with Gasteiger partial charge < -0.3 is 29.1 Å². The maximum atomic E-state index is 12.9. The molecular formula is C19H14NO9-. The zero-order chi connectivity index (χ0) is 21.1. The summed E-state index contributed by atoms with van der Waals surface area (Å²) < 4.78 is 20.9. The van der Waals surface area contributed by atoms with E-state index in [2.05, 4.69) is 0 Å². The molecule has 0 atom stereocenters. The van der Waals surface area contributed by atoms with Gasteiger partial charge in [0.25, 0.3) is 0 Å². The lowest BCUT2D eigenvalue weighted by Crippen LogP contribution is -2.10. The third-order valence-electron chi connectivity index (χ3n) is 3.58. The Morgan fingerprint density at radius 1 is 1.00 bits per heavy atom. The van der Waals surface area contributed by atoms with Crippen molar-refractivity contribution in [2.24, 2.45) is 0 Å². The lowest BCUT2D eigenvalue weighted by atomic mass is 10.2. The SMILES string of the molecule is CC(=O)Oc1cc(OC(C)=O)c2c(=O)c(Oc3ccc(N([O-])O)cc3)coc2c1. The van der Waals surface area contributed by atoms with Crippen LogP contribution in [0.2, 0.25) is 0 Å². The fourth-order valence-electron chi connectivity index (χ4n) is 2.48. The molecular weight excluding hydrogens is 386 g/mol. The van der Waals surface area contributed by atoms with Gasteiger partial charge in [-0.15, -0.1) is 0 Å². The average Bonchev–Trinajstić information content (AvgIpc) is 2.63. The first-order chi connectivity index (χ1) is 13.7. The van der Waals surface area contributed by atoms with E-state index in [1.54, 1.807) is 0 Å². The van der Waals surface area contributed by atoms with E-state index in [0.717, 1.165) is 13.2 Å². The van der Waals surface area contributed by atoms with E-state index in [1.165, 1.54) is 43.3 Å². The predicted molar refractivity (Wildman–Crippen MR) is 99.3 cm³/mol. The summed E-state index contributed by atoms with van der Waals surface area (Å²) in [5.41, 5.74) is -0.665. The number of carbonyl (C=O) groups is 2. The smallest absolute Gasteiger partial charge is 0.308 e.